The summed E-state index contributed by atoms with van der Waals surface area (Å²) in [6.45, 7) is 2.57. The highest BCUT2D eigenvalue weighted by atomic mass is 16.5. The number of aromatic hydroxyl groups is 1. The summed E-state index contributed by atoms with van der Waals surface area (Å²) < 4.78 is 5.36. The first kappa shape index (κ1) is 13.4. The Hall–Kier alpha value is -2.00. The fraction of sp³-hybridized carbons (Fsp3) is 0.250. The van der Waals surface area contributed by atoms with Gasteiger partial charge >= 0.3 is 0 Å². The van der Waals surface area contributed by atoms with Gasteiger partial charge in [0.2, 0.25) is 0 Å². The minimum absolute atomic E-state index is 0.235. The van der Waals surface area contributed by atoms with Crippen molar-refractivity contribution in [2.24, 2.45) is 0 Å². The van der Waals surface area contributed by atoms with Crippen LogP contribution in [0.1, 0.15) is 24.2 Å². The average Bonchev–Trinajstić information content (AvgIpc) is 2.42. The number of phenolic OH excluding ortho intramolecular Hbond substituents is 1. The summed E-state index contributed by atoms with van der Waals surface area (Å²) in [5.41, 5.74) is 1.84. The molecule has 0 aliphatic heterocycles. The fourth-order valence-corrected chi connectivity index (χ4v) is 1.93. The molecule has 19 heavy (non-hydrogen) atoms. The first-order valence-electron chi connectivity index (χ1n) is 6.37. The zero-order chi connectivity index (χ0) is 13.7. The molecule has 0 heterocycles. The van der Waals surface area contributed by atoms with E-state index in [0.29, 0.717) is 13.0 Å². The van der Waals surface area contributed by atoms with Crippen molar-refractivity contribution in [3.63, 3.8) is 0 Å². The lowest BCUT2D eigenvalue weighted by atomic mass is 10.0. The highest BCUT2D eigenvalue weighted by molar-refractivity contribution is 5.31. The lowest BCUT2D eigenvalue weighted by molar-refractivity contribution is 0.178. The van der Waals surface area contributed by atoms with E-state index in [9.17, 15) is 10.2 Å². The largest absolute Gasteiger partial charge is 0.508 e. The Kier molecular flexibility index (Phi) is 4.42. The van der Waals surface area contributed by atoms with Crippen molar-refractivity contribution in [2.45, 2.75) is 19.4 Å². The SMILES string of the molecule is CCOc1ccc(C(O)Cc2ccc(O)cc2)cc1. The zero-order valence-corrected chi connectivity index (χ0v) is 10.9. The van der Waals surface area contributed by atoms with Crippen LogP contribution >= 0.6 is 0 Å². The van der Waals surface area contributed by atoms with Crippen molar-refractivity contribution in [1.82, 2.24) is 0 Å². The number of benzene rings is 2. The minimum Gasteiger partial charge on any atom is -0.508 e. The van der Waals surface area contributed by atoms with Crippen LogP contribution in [0.15, 0.2) is 48.5 Å². The van der Waals surface area contributed by atoms with Crippen LogP contribution in [-0.4, -0.2) is 16.8 Å². The van der Waals surface area contributed by atoms with Crippen molar-refractivity contribution >= 4 is 0 Å². The molecule has 1 atom stereocenters. The Morgan fingerprint density at radius 1 is 1.00 bits per heavy atom. The molecule has 0 fully saturated rings. The molecule has 2 N–H and O–H groups in total. The van der Waals surface area contributed by atoms with Gasteiger partial charge in [0.05, 0.1) is 12.7 Å². The summed E-state index contributed by atoms with van der Waals surface area (Å²) in [7, 11) is 0. The fourth-order valence-electron chi connectivity index (χ4n) is 1.93. The molecule has 0 amide bonds. The first-order chi connectivity index (χ1) is 9.19. The predicted molar refractivity (Wildman–Crippen MR) is 74.4 cm³/mol. The second kappa shape index (κ2) is 6.25. The van der Waals surface area contributed by atoms with Gasteiger partial charge in [0.15, 0.2) is 0 Å². The molecule has 0 aromatic heterocycles. The minimum atomic E-state index is -0.555. The molecule has 3 nitrogen and oxygen atoms in total. The zero-order valence-electron chi connectivity index (χ0n) is 10.9. The van der Waals surface area contributed by atoms with Crippen LogP contribution in [-0.2, 0) is 6.42 Å². The molecule has 2 rings (SSSR count). The topological polar surface area (TPSA) is 49.7 Å². The quantitative estimate of drug-likeness (QED) is 0.866. The van der Waals surface area contributed by atoms with Crippen LogP contribution in [0.25, 0.3) is 0 Å². The molecule has 0 aliphatic carbocycles. The van der Waals surface area contributed by atoms with Gasteiger partial charge < -0.3 is 14.9 Å². The van der Waals surface area contributed by atoms with Crippen LogP contribution in [0, 0.1) is 0 Å². The smallest absolute Gasteiger partial charge is 0.119 e. The Morgan fingerprint density at radius 3 is 2.21 bits per heavy atom. The van der Waals surface area contributed by atoms with Gasteiger partial charge in [0.1, 0.15) is 11.5 Å². The predicted octanol–water partition coefficient (Wildman–Crippen LogP) is 3.07. The second-order valence-corrected chi connectivity index (χ2v) is 4.39. The molecule has 1 unspecified atom stereocenters. The maximum absolute atomic E-state index is 10.2. The van der Waals surface area contributed by atoms with Gasteiger partial charge in [0, 0.05) is 6.42 Å². The maximum Gasteiger partial charge on any atom is 0.119 e. The van der Waals surface area contributed by atoms with Gasteiger partial charge in [-0.15, -0.1) is 0 Å². The second-order valence-electron chi connectivity index (χ2n) is 4.39. The van der Waals surface area contributed by atoms with Crippen molar-refractivity contribution in [3.05, 3.63) is 59.7 Å². The number of aliphatic hydroxyl groups excluding tert-OH is 1. The molecule has 0 saturated carbocycles. The van der Waals surface area contributed by atoms with Crippen molar-refractivity contribution in [2.75, 3.05) is 6.61 Å². The van der Waals surface area contributed by atoms with E-state index in [4.69, 9.17) is 4.74 Å². The van der Waals surface area contributed by atoms with E-state index in [-0.39, 0.29) is 5.75 Å². The van der Waals surface area contributed by atoms with Crippen LogP contribution in [0.5, 0.6) is 11.5 Å². The van der Waals surface area contributed by atoms with Crippen molar-refractivity contribution in [1.29, 1.82) is 0 Å². The highest BCUT2D eigenvalue weighted by Crippen LogP contribution is 2.22. The summed E-state index contributed by atoms with van der Waals surface area (Å²) in [5, 5.41) is 19.4. The number of rotatable bonds is 5. The third-order valence-corrected chi connectivity index (χ3v) is 2.94. The lowest BCUT2D eigenvalue weighted by Crippen LogP contribution is -2.01. The molecule has 3 heteroatoms. The van der Waals surface area contributed by atoms with Gasteiger partial charge in [-0.1, -0.05) is 24.3 Å². The van der Waals surface area contributed by atoms with E-state index in [2.05, 4.69) is 0 Å². The van der Waals surface area contributed by atoms with Gasteiger partial charge in [-0.3, -0.25) is 0 Å². The third kappa shape index (κ3) is 3.73. The molecular weight excluding hydrogens is 240 g/mol. The number of hydrogen-bond acceptors (Lipinski definition) is 3. The lowest BCUT2D eigenvalue weighted by Gasteiger charge is -2.12. The summed E-state index contributed by atoms with van der Waals surface area (Å²) in [6, 6.07) is 14.3. The van der Waals surface area contributed by atoms with Crippen molar-refractivity contribution in [3.8, 4) is 11.5 Å². The Bertz CT molecular complexity index is 503. The van der Waals surface area contributed by atoms with Gasteiger partial charge in [0.25, 0.3) is 0 Å². The molecule has 2 aromatic carbocycles. The number of ether oxygens (including phenoxy) is 1. The Morgan fingerprint density at radius 2 is 1.63 bits per heavy atom. The number of phenols is 1. The molecule has 0 bridgehead atoms. The molecule has 2 aromatic rings. The van der Waals surface area contributed by atoms with E-state index in [1.54, 1.807) is 12.1 Å². The Balaban J connectivity index is 2.02. The Labute approximate surface area is 113 Å². The normalized spacial score (nSPS) is 12.1. The third-order valence-electron chi connectivity index (χ3n) is 2.94. The van der Waals surface area contributed by atoms with E-state index < -0.39 is 6.10 Å². The summed E-state index contributed by atoms with van der Waals surface area (Å²) in [5.74, 6) is 1.04. The number of aliphatic hydroxyl groups is 1. The molecule has 0 spiro atoms. The van der Waals surface area contributed by atoms with Crippen LogP contribution in [0.2, 0.25) is 0 Å². The van der Waals surface area contributed by atoms with Gasteiger partial charge in [-0.25, -0.2) is 0 Å². The average molecular weight is 258 g/mol. The molecule has 0 saturated heterocycles. The maximum atomic E-state index is 10.2. The highest BCUT2D eigenvalue weighted by Gasteiger charge is 2.08. The van der Waals surface area contributed by atoms with Crippen LogP contribution in [0.3, 0.4) is 0 Å². The molecule has 0 aliphatic rings. The van der Waals surface area contributed by atoms with E-state index in [1.165, 1.54) is 0 Å². The van der Waals surface area contributed by atoms with E-state index in [0.717, 1.165) is 16.9 Å². The van der Waals surface area contributed by atoms with E-state index in [1.807, 2.05) is 43.3 Å². The van der Waals surface area contributed by atoms with Crippen LogP contribution in [0.4, 0.5) is 0 Å². The monoisotopic (exact) mass is 258 g/mol. The van der Waals surface area contributed by atoms with Gasteiger partial charge in [-0.05, 0) is 42.3 Å². The molecular formula is C16H18O3. The summed E-state index contributed by atoms with van der Waals surface area (Å²) >= 11 is 0. The van der Waals surface area contributed by atoms with Crippen molar-refractivity contribution < 1.29 is 14.9 Å². The standard InChI is InChI=1S/C16H18O3/c1-2-19-15-9-5-13(6-10-15)16(18)11-12-3-7-14(17)8-4-12/h3-10,16-18H,2,11H2,1H3. The van der Waals surface area contributed by atoms with Gasteiger partial charge in [-0.2, -0.15) is 0 Å². The summed E-state index contributed by atoms with van der Waals surface area (Å²) in [6.07, 6.45) is -0.0333. The first-order valence-corrected chi connectivity index (χ1v) is 6.37. The molecule has 0 radical (unpaired) electrons. The summed E-state index contributed by atoms with van der Waals surface area (Å²) in [4.78, 5) is 0. The van der Waals surface area contributed by atoms with Crippen LogP contribution < -0.4 is 4.74 Å². The molecule has 100 valence electrons. The van der Waals surface area contributed by atoms with E-state index >= 15 is 0 Å². The number of hydrogen-bond donors (Lipinski definition) is 2.